The lowest BCUT2D eigenvalue weighted by Crippen LogP contribution is -2.49. The van der Waals surface area contributed by atoms with E-state index in [2.05, 4.69) is 14.3 Å². The van der Waals surface area contributed by atoms with E-state index in [0.29, 0.717) is 13.1 Å². The van der Waals surface area contributed by atoms with Crippen LogP contribution in [0.4, 0.5) is 0 Å². The summed E-state index contributed by atoms with van der Waals surface area (Å²) in [7, 11) is 0. The van der Waals surface area contributed by atoms with E-state index >= 15 is 0 Å². The summed E-state index contributed by atoms with van der Waals surface area (Å²) in [6.07, 6.45) is 3.92. The Morgan fingerprint density at radius 3 is 2.80 bits per heavy atom. The predicted molar refractivity (Wildman–Crippen MR) is 74.1 cm³/mol. The fourth-order valence-electron chi connectivity index (χ4n) is 2.59. The van der Waals surface area contributed by atoms with Gasteiger partial charge in [-0.05, 0) is 12.1 Å². The lowest BCUT2D eigenvalue weighted by Gasteiger charge is -2.34. The quantitative estimate of drug-likeness (QED) is 0.854. The van der Waals surface area contributed by atoms with Crippen LogP contribution in [0.2, 0.25) is 0 Å². The van der Waals surface area contributed by atoms with E-state index < -0.39 is 6.61 Å². The van der Waals surface area contributed by atoms with Gasteiger partial charge in [0.1, 0.15) is 12.3 Å². The van der Waals surface area contributed by atoms with Crippen LogP contribution in [0.1, 0.15) is 5.69 Å². The first-order valence-electron chi connectivity index (χ1n) is 6.80. The molecule has 6 heteroatoms. The van der Waals surface area contributed by atoms with Gasteiger partial charge in [0, 0.05) is 38.9 Å². The summed E-state index contributed by atoms with van der Waals surface area (Å²) in [5, 5.41) is 8.86. The molecule has 1 amide bonds. The van der Waals surface area contributed by atoms with Gasteiger partial charge in [0.15, 0.2) is 0 Å². The third-order valence-corrected chi connectivity index (χ3v) is 3.74. The van der Waals surface area contributed by atoms with Crippen LogP contribution >= 0.6 is 0 Å². The van der Waals surface area contributed by atoms with Gasteiger partial charge in [-0.1, -0.05) is 6.07 Å². The van der Waals surface area contributed by atoms with Crippen molar-refractivity contribution in [1.29, 1.82) is 0 Å². The van der Waals surface area contributed by atoms with Crippen molar-refractivity contribution in [3.8, 4) is 0 Å². The van der Waals surface area contributed by atoms with Gasteiger partial charge in [0.25, 0.3) is 0 Å². The van der Waals surface area contributed by atoms with Crippen molar-refractivity contribution < 1.29 is 9.90 Å². The molecule has 3 rings (SSSR count). The number of aromatic nitrogens is 2. The maximum atomic E-state index is 11.4. The number of fused-ring (bicyclic) bond motifs is 1. The summed E-state index contributed by atoms with van der Waals surface area (Å²) in [6.45, 7) is 3.43. The molecule has 0 spiro atoms. The topological polar surface area (TPSA) is 61.1 Å². The van der Waals surface area contributed by atoms with Gasteiger partial charge in [0.05, 0.1) is 11.9 Å². The highest BCUT2D eigenvalue weighted by atomic mass is 16.3. The number of nitrogens with zero attached hydrogens (tertiary/aromatic N) is 4. The van der Waals surface area contributed by atoms with Gasteiger partial charge in [-0.3, -0.25) is 9.69 Å². The van der Waals surface area contributed by atoms with Gasteiger partial charge >= 0.3 is 0 Å². The molecule has 0 aromatic carbocycles. The average molecular weight is 274 g/mol. The second-order valence-electron chi connectivity index (χ2n) is 4.99. The first-order valence-corrected chi connectivity index (χ1v) is 6.80. The maximum Gasteiger partial charge on any atom is 0.248 e. The zero-order valence-electron chi connectivity index (χ0n) is 11.3. The van der Waals surface area contributed by atoms with E-state index in [0.717, 1.165) is 31.0 Å². The van der Waals surface area contributed by atoms with E-state index in [-0.39, 0.29) is 5.91 Å². The molecule has 20 heavy (non-hydrogen) atoms. The zero-order chi connectivity index (χ0) is 13.9. The van der Waals surface area contributed by atoms with E-state index in [1.807, 2.05) is 30.6 Å². The van der Waals surface area contributed by atoms with E-state index in [9.17, 15) is 4.79 Å². The number of pyridine rings is 1. The predicted octanol–water partition coefficient (Wildman–Crippen LogP) is -0.0292. The Balaban J connectivity index is 1.64. The van der Waals surface area contributed by atoms with Gasteiger partial charge in [-0.2, -0.15) is 0 Å². The van der Waals surface area contributed by atoms with Crippen LogP contribution in [0.3, 0.4) is 0 Å². The van der Waals surface area contributed by atoms with Crippen LogP contribution in [-0.2, 0) is 11.3 Å². The molecule has 3 heterocycles. The van der Waals surface area contributed by atoms with Crippen LogP contribution in [-0.4, -0.2) is 63.0 Å². The Morgan fingerprint density at radius 1 is 1.25 bits per heavy atom. The highest BCUT2D eigenvalue weighted by molar-refractivity contribution is 5.77. The summed E-state index contributed by atoms with van der Waals surface area (Å²) in [4.78, 5) is 19.8. The van der Waals surface area contributed by atoms with Crippen LogP contribution in [0.5, 0.6) is 0 Å². The van der Waals surface area contributed by atoms with Crippen molar-refractivity contribution in [1.82, 2.24) is 19.2 Å². The third kappa shape index (κ3) is 2.52. The van der Waals surface area contributed by atoms with Gasteiger partial charge < -0.3 is 14.4 Å². The molecule has 0 radical (unpaired) electrons. The fourth-order valence-corrected chi connectivity index (χ4v) is 2.59. The average Bonchev–Trinajstić information content (AvgIpc) is 2.91. The van der Waals surface area contributed by atoms with E-state index in [4.69, 9.17) is 5.11 Å². The summed E-state index contributed by atoms with van der Waals surface area (Å²) in [5.74, 6) is -0.181. The highest BCUT2D eigenvalue weighted by Gasteiger charge is 2.21. The van der Waals surface area contributed by atoms with Crippen molar-refractivity contribution in [3.05, 3.63) is 36.3 Å². The third-order valence-electron chi connectivity index (χ3n) is 3.74. The van der Waals surface area contributed by atoms with E-state index in [1.54, 1.807) is 4.90 Å². The van der Waals surface area contributed by atoms with Gasteiger partial charge in [0.2, 0.25) is 5.91 Å². The second-order valence-corrected chi connectivity index (χ2v) is 4.99. The minimum absolute atomic E-state index is 0.181. The van der Waals surface area contributed by atoms with Crippen LogP contribution in [0, 0.1) is 0 Å². The minimum atomic E-state index is -0.396. The smallest absolute Gasteiger partial charge is 0.248 e. The van der Waals surface area contributed by atoms with Crippen LogP contribution in [0.25, 0.3) is 5.65 Å². The molecule has 1 fully saturated rings. The number of carbonyl (C=O) groups is 1. The molecule has 1 aliphatic heterocycles. The first-order chi connectivity index (χ1) is 9.78. The molecule has 0 saturated carbocycles. The monoisotopic (exact) mass is 274 g/mol. The number of hydrogen-bond donors (Lipinski definition) is 1. The lowest BCUT2D eigenvalue weighted by molar-refractivity contribution is -0.136. The fraction of sp³-hybridized carbons (Fsp3) is 0.429. The molecular weight excluding hydrogens is 256 g/mol. The molecule has 2 aromatic heterocycles. The molecule has 6 nitrogen and oxygen atoms in total. The SMILES string of the molecule is O=C(CO)N1CCN(Cc2cnc3ccccn23)CC1. The Kier molecular flexibility index (Phi) is 3.66. The Labute approximate surface area is 117 Å². The largest absolute Gasteiger partial charge is 0.387 e. The lowest BCUT2D eigenvalue weighted by atomic mass is 10.3. The van der Waals surface area contributed by atoms with Crippen molar-refractivity contribution >= 4 is 11.6 Å². The molecule has 0 aliphatic carbocycles. The zero-order valence-corrected chi connectivity index (χ0v) is 11.3. The number of aliphatic hydroxyl groups excluding tert-OH is 1. The number of rotatable bonds is 3. The Bertz CT molecular complexity index is 602. The molecule has 1 saturated heterocycles. The molecular formula is C14H18N4O2. The van der Waals surface area contributed by atoms with Crippen molar-refractivity contribution in [2.75, 3.05) is 32.8 Å². The Morgan fingerprint density at radius 2 is 2.05 bits per heavy atom. The molecule has 0 atom stereocenters. The second kappa shape index (κ2) is 5.60. The summed E-state index contributed by atoms with van der Waals surface area (Å²) in [5.41, 5.74) is 2.11. The molecule has 1 N–H and O–H groups in total. The standard InChI is InChI=1S/C14H18N4O2/c19-11-14(20)17-7-5-16(6-8-17)10-12-9-15-13-3-1-2-4-18(12)13/h1-4,9,19H,5-8,10-11H2. The molecule has 1 aliphatic rings. The maximum absolute atomic E-state index is 11.4. The number of carbonyl (C=O) groups excluding carboxylic acids is 1. The van der Waals surface area contributed by atoms with Gasteiger partial charge in [-0.15, -0.1) is 0 Å². The first kappa shape index (κ1) is 13.1. The van der Waals surface area contributed by atoms with Crippen molar-refractivity contribution in [2.24, 2.45) is 0 Å². The Hall–Kier alpha value is -1.92. The van der Waals surface area contributed by atoms with Crippen molar-refractivity contribution in [3.63, 3.8) is 0 Å². The number of amides is 1. The number of piperazine rings is 1. The van der Waals surface area contributed by atoms with Gasteiger partial charge in [-0.25, -0.2) is 4.98 Å². The molecule has 0 unspecified atom stereocenters. The summed E-state index contributed by atoms with van der Waals surface area (Å²) in [6, 6.07) is 5.96. The number of imidazole rings is 1. The van der Waals surface area contributed by atoms with Crippen LogP contribution < -0.4 is 0 Å². The van der Waals surface area contributed by atoms with E-state index in [1.165, 1.54) is 0 Å². The highest BCUT2D eigenvalue weighted by Crippen LogP contribution is 2.11. The van der Waals surface area contributed by atoms with Crippen molar-refractivity contribution in [2.45, 2.75) is 6.54 Å². The molecule has 0 bridgehead atoms. The molecule has 106 valence electrons. The summed E-state index contributed by atoms with van der Waals surface area (Å²) < 4.78 is 2.09. The minimum Gasteiger partial charge on any atom is -0.387 e. The van der Waals surface area contributed by atoms with Crippen LogP contribution in [0.15, 0.2) is 30.6 Å². The normalized spacial score (nSPS) is 16.8. The number of aliphatic hydroxyl groups is 1. The summed E-state index contributed by atoms with van der Waals surface area (Å²) >= 11 is 0. The molecule has 2 aromatic rings. The number of hydrogen-bond acceptors (Lipinski definition) is 4.